The molecule has 9 heteroatoms. The topological polar surface area (TPSA) is 77.7 Å². The highest BCUT2D eigenvalue weighted by atomic mass is 79.9. The van der Waals surface area contributed by atoms with Gasteiger partial charge in [0.1, 0.15) is 0 Å². The zero-order valence-corrected chi connectivity index (χ0v) is 24.6. The molecular formula is C30H37BrN4O4. The molecule has 1 spiro atoms. The predicted molar refractivity (Wildman–Crippen MR) is 154 cm³/mol. The van der Waals surface area contributed by atoms with Gasteiger partial charge in [0, 0.05) is 59.2 Å². The number of benzene rings is 2. The average molecular weight is 598 g/mol. The number of carbonyl (C=O) groups is 2. The molecule has 1 aliphatic carbocycles. The second kappa shape index (κ2) is 10.1. The van der Waals surface area contributed by atoms with Crippen molar-refractivity contribution in [3.63, 3.8) is 0 Å². The summed E-state index contributed by atoms with van der Waals surface area (Å²) in [6, 6.07) is 12.1. The fraction of sp³-hybridized carbons (Fsp3) is 0.533. The van der Waals surface area contributed by atoms with Crippen LogP contribution >= 0.6 is 15.9 Å². The van der Waals surface area contributed by atoms with Crippen molar-refractivity contribution in [1.82, 2.24) is 10.2 Å². The molecule has 2 atom stereocenters. The van der Waals surface area contributed by atoms with Crippen LogP contribution in [0.4, 0.5) is 11.4 Å². The van der Waals surface area contributed by atoms with Crippen molar-refractivity contribution in [2.45, 2.75) is 57.3 Å². The number of nitrogens with one attached hydrogen (secondary N) is 1. The van der Waals surface area contributed by atoms with Gasteiger partial charge >= 0.3 is 5.97 Å². The molecule has 3 heterocycles. The molecule has 4 aliphatic rings. The summed E-state index contributed by atoms with van der Waals surface area (Å²) in [5, 5.41) is 3.28. The van der Waals surface area contributed by atoms with Crippen molar-refractivity contribution in [2.75, 3.05) is 55.7 Å². The maximum absolute atomic E-state index is 13.2. The van der Waals surface area contributed by atoms with E-state index in [1.807, 2.05) is 24.3 Å². The van der Waals surface area contributed by atoms with Crippen molar-refractivity contribution >= 4 is 39.2 Å². The number of piperazine rings is 1. The summed E-state index contributed by atoms with van der Waals surface area (Å²) in [6.45, 7) is 11.9. The van der Waals surface area contributed by atoms with E-state index in [9.17, 15) is 9.59 Å². The molecule has 1 unspecified atom stereocenters. The Balaban J connectivity index is 1.19. The molecule has 0 radical (unpaired) electrons. The van der Waals surface area contributed by atoms with Crippen molar-refractivity contribution in [1.29, 1.82) is 0 Å². The quantitative estimate of drug-likeness (QED) is 0.539. The number of anilines is 2. The minimum Gasteiger partial charge on any atom is -0.421 e. The smallest absolute Gasteiger partial charge is 0.376 e. The highest BCUT2D eigenvalue weighted by Crippen LogP contribution is 2.45. The van der Waals surface area contributed by atoms with Crippen LogP contribution in [0.15, 0.2) is 40.9 Å². The van der Waals surface area contributed by atoms with Crippen molar-refractivity contribution < 1.29 is 19.1 Å². The van der Waals surface area contributed by atoms with E-state index in [-0.39, 0.29) is 23.5 Å². The molecule has 8 nitrogen and oxygen atoms in total. The van der Waals surface area contributed by atoms with E-state index in [1.165, 1.54) is 11.1 Å². The summed E-state index contributed by atoms with van der Waals surface area (Å²) < 4.78 is 12.2. The van der Waals surface area contributed by atoms with Gasteiger partial charge in [-0.25, -0.2) is 4.79 Å². The van der Waals surface area contributed by atoms with E-state index in [1.54, 1.807) is 0 Å². The van der Waals surface area contributed by atoms with Crippen molar-refractivity contribution in [3.8, 4) is 0 Å². The maximum Gasteiger partial charge on any atom is 0.376 e. The Morgan fingerprint density at radius 1 is 1.03 bits per heavy atom. The van der Waals surface area contributed by atoms with Crippen LogP contribution in [0.3, 0.4) is 0 Å². The van der Waals surface area contributed by atoms with Crippen LogP contribution in [0.2, 0.25) is 0 Å². The SMILES string of the molecule is CC(C)(C)N1CCN(c2ccc(Br)c3c2CC(NC(=O)c2ccc(N4CCOCC4)cc2)CC3)[C@]2(C1)OC2=O. The number of fused-ring (bicyclic) bond motifs is 1. The van der Waals surface area contributed by atoms with Crippen LogP contribution in [0.5, 0.6) is 0 Å². The number of epoxide rings is 1. The lowest BCUT2D eigenvalue weighted by Crippen LogP contribution is -2.61. The Kier molecular flexibility index (Phi) is 6.88. The second-order valence-electron chi connectivity index (χ2n) is 12.0. The van der Waals surface area contributed by atoms with Gasteiger partial charge in [-0.1, -0.05) is 15.9 Å². The zero-order chi connectivity index (χ0) is 27.4. The molecule has 2 aromatic carbocycles. The summed E-state index contributed by atoms with van der Waals surface area (Å²) in [5.41, 5.74) is 4.33. The molecule has 3 saturated heterocycles. The van der Waals surface area contributed by atoms with Crippen LogP contribution in [0.1, 0.15) is 48.7 Å². The molecule has 2 aromatic rings. The van der Waals surface area contributed by atoms with E-state index in [2.05, 4.69) is 68.9 Å². The number of hydrogen-bond donors (Lipinski definition) is 1. The largest absolute Gasteiger partial charge is 0.421 e. The Hall–Kier alpha value is -2.62. The zero-order valence-electron chi connectivity index (χ0n) is 23.0. The molecule has 39 heavy (non-hydrogen) atoms. The van der Waals surface area contributed by atoms with Gasteiger partial charge in [0.2, 0.25) is 0 Å². The first kappa shape index (κ1) is 26.6. The van der Waals surface area contributed by atoms with Gasteiger partial charge in [-0.05, 0) is 87.6 Å². The van der Waals surface area contributed by atoms with Gasteiger partial charge in [0.15, 0.2) is 0 Å². The van der Waals surface area contributed by atoms with Crippen LogP contribution < -0.4 is 15.1 Å². The first-order chi connectivity index (χ1) is 18.7. The summed E-state index contributed by atoms with van der Waals surface area (Å²) >= 11 is 3.75. The third-order valence-corrected chi connectivity index (χ3v) is 9.34. The highest BCUT2D eigenvalue weighted by molar-refractivity contribution is 9.10. The Morgan fingerprint density at radius 2 is 1.74 bits per heavy atom. The monoisotopic (exact) mass is 596 g/mol. The number of halogens is 1. The van der Waals surface area contributed by atoms with E-state index < -0.39 is 5.72 Å². The Labute approximate surface area is 238 Å². The number of nitrogens with zero attached hydrogens (tertiary/aromatic N) is 3. The molecule has 6 rings (SSSR count). The van der Waals surface area contributed by atoms with Gasteiger partial charge < -0.3 is 24.6 Å². The Bertz CT molecular complexity index is 1270. The highest BCUT2D eigenvalue weighted by Gasteiger charge is 2.66. The molecular weight excluding hydrogens is 560 g/mol. The van der Waals surface area contributed by atoms with Crippen molar-refractivity contribution in [2.24, 2.45) is 0 Å². The molecule has 1 amide bonds. The molecule has 0 aromatic heterocycles. The molecule has 208 valence electrons. The fourth-order valence-corrected chi connectivity index (χ4v) is 6.78. The molecule has 3 fully saturated rings. The minimum absolute atomic E-state index is 0.0135. The van der Waals surface area contributed by atoms with Crippen LogP contribution in [0.25, 0.3) is 0 Å². The predicted octanol–water partition coefficient (Wildman–Crippen LogP) is 3.75. The summed E-state index contributed by atoms with van der Waals surface area (Å²) in [4.78, 5) is 32.7. The van der Waals surface area contributed by atoms with Gasteiger partial charge in [-0.2, -0.15) is 0 Å². The van der Waals surface area contributed by atoms with E-state index in [4.69, 9.17) is 9.47 Å². The number of rotatable bonds is 4. The van der Waals surface area contributed by atoms with E-state index in [0.717, 1.165) is 61.5 Å². The van der Waals surface area contributed by atoms with Gasteiger partial charge in [0.05, 0.1) is 19.8 Å². The maximum atomic E-state index is 13.2. The van der Waals surface area contributed by atoms with Crippen LogP contribution in [-0.4, -0.2) is 80.0 Å². The summed E-state index contributed by atoms with van der Waals surface area (Å²) in [6.07, 6.45) is 2.44. The normalized spacial score (nSPS) is 25.3. The third-order valence-electron chi connectivity index (χ3n) is 8.60. The molecule has 1 N–H and O–H groups in total. The number of hydrogen-bond acceptors (Lipinski definition) is 7. The fourth-order valence-electron chi connectivity index (χ4n) is 6.21. The number of carbonyl (C=O) groups excluding carboxylic acids is 2. The van der Waals surface area contributed by atoms with Crippen LogP contribution in [-0.2, 0) is 27.1 Å². The average Bonchev–Trinajstić information content (AvgIpc) is 3.57. The molecule has 0 bridgehead atoms. The Morgan fingerprint density at radius 3 is 2.41 bits per heavy atom. The number of amides is 1. The lowest BCUT2D eigenvalue weighted by molar-refractivity contribution is -0.117. The first-order valence-electron chi connectivity index (χ1n) is 14.0. The third kappa shape index (κ3) is 5.05. The first-order valence-corrected chi connectivity index (χ1v) is 14.7. The van der Waals surface area contributed by atoms with Crippen LogP contribution in [0, 0.1) is 0 Å². The van der Waals surface area contributed by atoms with Gasteiger partial charge in [-0.15, -0.1) is 0 Å². The summed E-state index contributed by atoms with van der Waals surface area (Å²) in [7, 11) is 0. The number of morpholine rings is 1. The minimum atomic E-state index is -0.911. The lowest BCUT2D eigenvalue weighted by Gasteiger charge is -2.45. The molecule has 3 aliphatic heterocycles. The van der Waals surface area contributed by atoms with E-state index in [0.29, 0.717) is 25.1 Å². The second-order valence-corrected chi connectivity index (χ2v) is 12.9. The van der Waals surface area contributed by atoms with Gasteiger partial charge in [-0.3, -0.25) is 9.69 Å². The standard InChI is InChI=1S/C30H37BrN4O4/c1-29(2,3)34-12-13-35(30(19-34)28(37)39-30)26-11-10-25(31)23-9-6-21(18-24(23)26)32-27(36)20-4-7-22(8-5-20)33-14-16-38-17-15-33/h4-5,7-8,10-11,21H,6,9,12-19H2,1-3H3,(H,32,36)/t21?,30-/m1/s1. The van der Waals surface area contributed by atoms with Gasteiger partial charge in [0.25, 0.3) is 11.6 Å². The van der Waals surface area contributed by atoms with E-state index >= 15 is 0 Å². The summed E-state index contributed by atoms with van der Waals surface area (Å²) in [5.74, 6) is -0.209. The number of ether oxygens (including phenoxy) is 2. The molecule has 0 saturated carbocycles. The lowest BCUT2D eigenvalue weighted by atomic mass is 9.86. The van der Waals surface area contributed by atoms with Crippen molar-refractivity contribution in [3.05, 3.63) is 57.6 Å².